The summed E-state index contributed by atoms with van der Waals surface area (Å²) in [6, 6.07) is 71.1. The van der Waals surface area contributed by atoms with Crippen molar-refractivity contribution < 1.29 is 50.7 Å². The molecule has 0 bridgehead atoms. The number of benzene rings is 8. The van der Waals surface area contributed by atoms with Crippen LogP contribution in [0.5, 0.6) is 17.2 Å². The van der Waals surface area contributed by atoms with E-state index < -0.39 is 0 Å². The lowest BCUT2D eigenvalue weighted by molar-refractivity contribution is 0.0921. The average molecular weight is 1790 g/mol. The number of pyridine rings is 4. The third-order valence-electron chi connectivity index (χ3n) is 23.8. The zero-order chi connectivity index (χ0) is 88.7. The first-order chi connectivity index (χ1) is 63.2. The molecule has 0 spiro atoms. The van der Waals surface area contributed by atoms with Gasteiger partial charge in [-0.05, 0) is 243 Å². The van der Waals surface area contributed by atoms with Gasteiger partial charge in [0.15, 0.2) is 0 Å². The van der Waals surface area contributed by atoms with Crippen LogP contribution in [-0.4, -0.2) is 106 Å². The molecule has 0 saturated heterocycles. The molecule has 4 aliphatic rings. The first-order valence-electron chi connectivity index (χ1n) is 43.2. The predicted molar refractivity (Wildman–Crippen MR) is 494 cm³/mol. The molecule has 24 heteroatoms. The number of hydrogen-bond acceptors (Lipinski definition) is 15. The van der Waals surface area contributed by atoms with E-state index in [1.165, 1.54) is 65.2 Å². The highest BCUT2D eigenvalue weighted by Gasteiger charge is 2.36. The van der Waals surface area contributed by atoms with Crippen molar-refractivity contribution in [2.75, 3.05) is 47.8 Å². The Morgan fingerprint density at radius 2 is 0.620 bits per heavy atom. The first kappa shape index (κ1) is 87.7. The molecule has 12 heterocycles. The topological polar surface area (TPSA) is 187 Å². The van der Waals surface area contributed by atoms with Crippen LogP contribution in [-0.2, 0) is 71.1 Å². The second kappa shape index (κ2) is 41.2. The molecule has 654 valence electrons. The molecule has 0 radical (unpaired) electrons. The zero-order valence-electron chi connectivity index (χ0n) is 72.3. The number of halogens is 5. The molecular formula is C105H97BrF4N12O7. The standard InChI is InChI=1S/C27H26FN3O3.C27H26FN3O.C26H24FN3O2.C25H21BrFN3O/c1-32-23-13-18(14-24(15-23)33-2)16-34-17-22-7-8-25-30-26(19-3-5-21(28)6-4-19)27(31(22)25)20-9-11-29-12-10-20;1-18-3-4-19(2)22(15-18)16-32-17-24-9-10-25-30-26(20-5-7-23(28)8-6-20)27(31(24)25)21-11-13-29-14-12-21;1-31-23-9-2-18(3-10-23)16-32-17-22-8-11-24-29-25(19-4-6-21(27)7-5-19)26(30(22)24)20-12-14-28-15-13-20;26-22-4-2-1-3-19(22)15-31-16-21-9-10-23-29-24(17-5-7-20(27)8-6-17)25(30(21)23)18-11-13-28-14-12-18/h3-6,9-15,22H,7-8,16-17H2,1-2H3;3-8,11-15,24H,9-10,16-17H2,1-2H3;2-7,9-10,12-15,22H,8,11,16-17H2,1H3;1-8,11-14,21H,9-10,15-16H2/t22-;24-;22-;21-/m0010/s1. The van der Waals surface area contributed by atoms with Crippen molar-refractivity contribution in [1.29, 1.82) is 0 Å². The average Bonchev–Trinajstić information content (AvgIpc) is 1.62. The van der Waals surface area contributed by atoms with Gasteiger partial charge in [-0.15, -0.1) is 0 Å². The molecule has 8 aromatic heterocycles. The Bertz CT molecular complexity index is 6430. The molecule has 16 aromatic rings. The van der Waals surface area contributed by atoms with Gasteiger partial charge < -0.3 is 51.4 Å². The van der Waals surface area contributed by atoms with E-state index in [1.54, 1.807) is 119 Å². The second-order valence-electron chi connectivity index (χ2n) is 32.3. The van der Waals surface area contributed by atoms with Crippen LogP contribution in [0.3, 0.4) is 0 Å². The monoisotopic (exact) mass is 1790 g/mol. The van der Waals surface area contributed by atoms with Crippen molar-refractivity contribution in [1.82, 2.24) is 58.1 Å². The van der Waals surface area contributed by atoms with Crippen molar-refractivity contribution >= 4 is 15.9 Å². The smallest absolute Gasteiger partial charge is 0.123 e. The van der Waals surface area contributed by atoms with E-state index in [9.17, 15) is 17.6 Å². The fourth-order valence-corrected chi connectivity index (χ4v) is 17.8. The van der Waals surface area contributed by atoms with Crippen molar-refractivity contribution in [3.63, 3.8) is 0 Å². The predicted octanol–water partition coefficient (Wildman–Crippen LogP) is 23.2. The van der Waals surface area contributed by atoms with E-state index in [1.807, 2.05) is 109 Å². The number of fused-ring (bicyclic) bond motifs is 4. The van der Waals surface area contributed by atoms with Crippen LogP contribution in [0.4, 0.5) is 17.6 Å². The van der Waals surface area contributed by atoms with Crippen LogP contribution in [0.15, 0.2) is 285 Å². The molecular weight excluding hydrogens is 1700 g/mol. The molecule has 4 atom stereocenters. The minimum Gasteiger partial charge on any atom is -0.497 e. The highest BCUT2D eigenvalue weighted by Crippen LogP contribution is 2.46. The fraction of sp³-hybridized carbons (Fsp3) is 0.238. The highest BCUT2D eigenvalue weighted by atomic mass is 79.9. The van der Waals surface area contributed by atoms with Crippen LogP contribution in [0, 0.1) is 37.1 Å². The Morgan fingerprint density at radius 1 is 0.310 bits per heavy atom. The first-order valence-corrected chi connectivity index (χ1v) is 44.0. The molecule has 0 fully saturated rings. The molecule has 19 nitrogen and oxygen atoms in total. The lowest BCUT2D eigenvalue weighted by Crippen LogP contribution is -2.13. The van der Waals surface area contributed by atoms with E-state index in [0.29, 0.717) is 52.9 Å². The summed E-state index contributed by atoms with van der Waals surface area (Å²) in [6.07, 6.45) is 21.7. The van der Waals surface area contributed by atoms with Crippen LogP contribution in [0.25, 0.3) is 90.1 Å². The molecule has 20 rings (SSSR count). The molecule has 8 aromatic carbocycles. The van der Waals surface area contributed by atoms with Gasteiger partial charge >= 0.3 is 0 Å². The largest absolute Gasteiger partial charge is 0.497 e. The van der Waals surface area contributed by atoms with Gasteiger partial charge in [0.2, 0.25) is 0 Å². The minimum absolute atomic E-state index is 0.146. The van der Waals surface area contributed by atoms with E-state index in [2.05, 4.69) is 92.2 Å². The van der Waals surface area contributed by atoms with E-state index in [4.69, 9.17) is 53.1 Å². The number of aromatic nitrogens is 12. The SMILES string of the molecule is COc1cc(COC[C@@H]2CCc3nc(-c4ccc(F)cc4)c(-c4ccncc4)n32)cc(OC)c1.COc1ccc(COC[C@H]2CCc3nc(-c4ccc(F)cc4)c(-c4ccncc4)n32)cc1.Cc1ccc(C)c(COC[C@@H]2CCc3nc(-c4ccc(F)cc4)c(-c4ccncc4)n32)c1.Fc1ccc(-c2nc3n(c2-c2ccncc2)[C@H](COCc2ccccc2Br)CC3)cc1. The molecule has 0 aliphatic carbocycles. The van der Waals surface area contributed by atoms with Gasteiger partial charge in [-0.3, -0.25) is 19.9 Å². The van der Waals surface area contributed by atoms with Crippen molar-refractivity contribution in [3.8, 4) is 107 Å². The number of ether oxygens (including phenoxy) is 7. The van der Waals surface area contributed by atoms with Crippen molar-refractivity contribution in [2.45, 2.75) is 116 Å². The van der Waals surface area contributed by atoms with Gasteiger partial charge in [0, 0.05) is 130 Å². The summed E-state index contributed by atoms with van der Waals surface area (Å²) in [4.78, 5) is 36.5. The number of rotatable bonds is 27. The lowest BCUT2D eigenvalue weighted by Gasteiger charge is -2.18. The molecule has 0 unspecified atom stereocenters. The Kier molecular flexibility index (Phi) is 28.0. The summed E-state index contributed by atoms with van der Waals surface area (Å²) in [5.41, 5.74) is 22.3. The summed E-state index contributed by atoms with van der Waals surface area (Å²) < 4.78 is 105. The molecule has 0 amide bonds. The zero-order valence-corrected chi connectivity index (χ0v) is 73.9. The number of aryl methyl sites for hydroxylation is 6. The highest BCUT2D eigenvalue weighted by molar-refractivity contribution is 9.10. The molecule has 0 N–H and O–H groups in total. The van der Waals surface area contributed by atoms with Gasteiger partial charge in [-0.1, -0.05) is 70.0 Å². The van der Waals surface area contributed by atoms with E-state index in [0.717, 1.165) is 203 Å². The Labute approximate surface area is 755 Å². The van der Waals surface area contributed by atoms with E-state index in [-0.39, 0.29) is 47.4 Å². The Hall–Kier alpha value is -13.4. The van der Waals surface area contributed by atoms with E-state index >= 15 is 0 Å². The maximum absolute atomic E-state index is 13.6. The maximum atomic E-state index is 13.6. The third-order valence-corrected chi connectivity index (χ3v) is 24.6. The molecule has 0 saturated carbocycles. The Morgan fingerprint density at radius 3 is 0.946 bits per heavy atom. The van der Waals surface area contributed by atoms with Crippen LogP contribution >= 0.6 is 15.9 Å². The lowest BCUT2D eigenvalue weighted by atomic mass is 10.0. The quantitative estimate of drug-likeness (QED) is 0.0442. The van der Waals surface area contributed by atoms with Gasteiger partial charge in [-0.2, -0.15) is 0 Å². The maximum Gasteiger partial charge on any atom is 0.123 e. The summed E-state index contributed by atoms with van der Waals surface area (Å²) >= 11 is 3.58. The van der Waals surface area contributed by atoms with Crippen LogP contribution < -0.4 is 14.2 Å². The van der Waals surface area contributed by atoms with Gasteiger partial charge in [-0.25, -0.2) is 37.5 Å². The Balaban J connectivity index is 0.000000121. The van der Waals surface area contributed by atoms with Gasteiger partial charge in [0.25, 0.3) is 0 Å². The third kappa shape index (κ3) is 20.5. The van der Waals surface area contributed by atoms with Gasteiger partial charge in [0.1, 0.15) is 63.8 Å². The number of methoxy groups -OCH3 is 3. The van der Waals surface area contributed by atoms with Crippen LogP contribution in [0.1, 0.15) is 107 Å². The summed E-state index contributed by atoms with van der Waals surface area (Å²) in [7, 11) is 4.94. The molecule has 129 heavy (non-hydrogen) atoms. The van der Waals surface area contributed by atoms with Crippen LogP contribution in [0.2, 0.25) is 0 Å². The van der Waals surface area contributed by atoms with Gasteiger partial charge in [0.05, 0.1) is 144 Å². The number of nitrogens with zero attached hydrogens (tertiary/aromatic N) is 12. The minimum atomic E-state index is -0.263. The summed E-state index contributed by atoms with van der Waals surface area (Å²) in [5.74, 6) is 5.44. The second-order valence-corrected chi connectivity index (χ2v) is 33.1. The molecule has 4 aliphatic heterocycles. The number of imidazole rings is 4. The fourth-order valence-electron chi connectivity index (χ4n) is 17.4. The number of hydrogen-bond donors (Lipinski definition) is 0. The van der Waals surface area contributed by atoms with Crippen molar-refractivity contribution in [2.24, 2.45) is 0 Å². The normalized spacial score (nSPS) is 15.0. The van der Waals surface area contributed by atoms with Crippen molar-refractivity contribution in [3.05, 3.63) is 365 Å². The summed E-state index contributed by atoms with van der Waals surface area (Å²) in [5, 5.41) is 0. The summed E-state index contributed by atoms with van der Waals surface area (Å²) in [6.45, 7) is 8.74.